The van der Waals surface area contributed by atoms with Crippen molar-refractivity contribution in [3.8, 4) is 11.6 Å². The fraction of sp³-hybridized carbons (Fsp3) is 0.0833. The lowest BCUT2D eigenvalue weighted by Crippen LogP contribution is -2.24. The third kappa shape index (κ3) is 5.21. The van der Waals surface area contributed by atoms with Gasteiger partial charge >= 0.3 is 0 Å². The molecule has 178 valence electrons. The van der Waals surface area contributed by atoms with Crippen LogP contribution in [0.2, 0.25) is 0 Å². The standard InChI is InChI=1S/C24H23N7O3S/c25-29-21(30-26)16-5-3-15(4-6-16)20-10-7-17(27-20)13-19-22(33)28-24(35)31(23(19)34)12-11-14-1-8-18(32)9-2-14/h1-10,13,25,27,30,32,34H,11-12,26H2,(H,28,33,35). The van der Waals surface area contributed by atoms with Crippen LogP contribution in [-0.4, -0.2) is 24.7 Å². The summed E-state index contributed by atoms with van der Waals surface area (Å²) in [6, 6.07) is 17.7. The first-order chi connectivity index (χ1) is 16.9. The van der Waals surface area contributed by atoms with Gasteiger partial charge in [-0.15, -0.1) is 5.11 Å². The number of rotatable bonds is 6. The molecule has 4 rings (SSSR count). The summed E-state index contributed by atoms with van der Waals surface area (Å²) < 4.78 is 1.59. The van der Waals surface area contributed by atoms with Gasteiger partial charge < -0.3 is 20.6 Å². The normalized spacial score (nSPS) is 11.4. The van der Waals surface area contributed by atoms with Crippen LogP contribution >= 0.6 is 12.2 Å². The summed E-state index contributed by atoms with van der Waals surface area (Å²) in [6.07, 6.45) is 2.10. The van der Waals surface area contributed by atoms with Crippen molar-refractivity contribution < 1.29 is 10.2 Å². The van der Waals surface area contributed by atoms with Crippen LogP contribution in [0.5, 0.6) is 11.6 Å². The van der Waals surface area contributed by atoms with Gasteiger partial charge in [-0.3, -0.25) is 14.3 Å². The van der Waals surface area contributed by atoms with E-state index in [1.807, 2.05) is 18.2 Å². The van der Waals surface area contributed by atoms with E-state index in [-0.39, 0.29) is 27.8 Å². The Balaban J connectivity index is 1.72. The molecule has 0 aliphatic heterocycles. The van der Waals surface area contributed by atoms with Gasteiger partial charge in [0.25, 0.3) is 5.56 Å². The van der Waals surface area contributed by atoms with Crippen LogP contribution in [0.15, 0.2) is 70.6 Å². The monoisotopic (exact) mass is 489 g/mol. The predicted molar refractivity (Wildman–Crippen MR) is 133 cm³/mol. The Hall–Kier alpha value is -4.48. The number of aryl methyl sites for hydroxylation is 1. The molecule has 0 saturated heterocycles. The van der Waals surface area contributed by atoms with Gasteiger partial charge in [-0.1, -0.05) is 36.4 Å². The van der Waals surface area contributed by atoms with Crippen LogP contribution in [-0.2, 0) is 13.0 Å². The Labute approximate surface area is 203 Å². The molecule has 2 aromatic carbocycles. The smallest absolute Gasteiger partial charge is 0.262 e. The second kappa shape index (κ2) is 10.2. The molecule has 0 fully saturated rings. The molecule has 8 N–H and O–H groups in total. The molecular weight excluding hydrogens is 466 g/mol. The molecule has 0 bridgehead atoms. The van der Waals surface area contributed by atoms with Crippen LogP contribution in [0.1, 0.15) is 11.1 Å². The first kappa shape index (κ1) is 23.7. The van der Waals surface area contributed by atoms with E-state index in [1.54, 1.807) is 48.5 Å². The molecule has 0 spiro atoms. The zero-order valence-corrected chi connectivity index (χ0v) is 19.3. The first-order valence-corrected chi connectivity index (χ1v) is 11.0. The SMILES string of the molecule is N=NC(NN)=c1ccc(=c2ccc(=Cc3c(O)n(CCc4ccc(O)cc4)c(=S)[nH]c3=O)[nH]2)cc1. The van der Waals surface area contributed by atoms with E-state index in [1.165, 1.54) is 4.57 Å². The van der Waals surface area contributed by atoms with Crippen LogP contribution in [0.25, 0.3) is 11.9 Å². The molecule has 0 unspecified atom stereocenters. The second-order valence-electron chi connectivity index (χ2n) is 7.72. The number of hydrogen-bond acceptors (Lipinski definition) is 8. The number of nitrogens with two attached hydrogens (primary N) is 1. The Bertz CT molecular complexity index is 1700. The molecule has 10 nitrogen and oxygen atoms in total. The molecule has 4 aromatic rings. The molecule has 0 radical (unpaired) electrons. The summed E-state index contributed by atoms with van der Waals surface area (Å²) in [5, 5.41) is 26.6. The third-order valence-electron chi connectivity index (χ3n) is 5.49. The fourth-order valence-electron chi connectivity index (χ4n) is 3.62. The van der Waals surface area contributed by atoms with E-state index < -0.39 is 5.56 Å². The quantitative estimate of drug-likeness (QED) is 0.0938. The summed E-state index contributed by atoms with van der Waals surface area (Å²) in [5.41, 5.74) is 10.0. The molecule has 35 heavy (non-hydrogen) atoms. The number of nitrogens with zero attached hydrogens (tertiary/aromatic N) is 2. The summed E-state index contributed by atoms with van der Waals surface area (Å²) in [7, 11) is 0. The van der Waals surface area contributed by atoms with Crippen molar-refractivity contribution in [3.63, 3.8) is 0 Å². The highest BCUT2D eigenvalue weighted by molar-refractivity contribution is 7.71. The van der Waals surface area contributed by atoms with Gasteiger partial charge in [-0.25, -0.2) is 11.4 Å². The van der Waals surface area contributed by atoms with E-state index in [0.717, 1.165) is 16.1 Å². The number of hydrogen-bond donors (Lipinski definition) is 7. The first-order valence-electron chi connectivity index (χ1n) is 10.6. The average molecular weight is 490 g/mol. The van der Waals surface area contributed by atoms with Crippen molar-refractivity contribution >= 4 is 24.1 Å². The van der Waals surface area contributed by atoms with Crippen LogP contribution in [0.4, 0.5) is 0 Å². The minimum Gasteiger partial charge on any atom is -0.508 e. The van der Waals surface area contributed by atoms with Gasteiger partial charge in [0.15, 0.2) is 10.6 Å². The van der Waals surface area contributed by atoms with E-state index in [4.69, 9.17) is 23.6 Å². The molecule has 0 saturated carbocycles. The summed E-state index contributed by atoms with van der Waals surface area (Å²) >= 11 is 5.25. The third-order valence-corrected chi connectivity index (χ3v) is 5.82. The van der Waals surface area contributed by atoms with Crippen molar-refractivity contribution in [1.82, 2.24) is 20.0 Å². The number of aromatic hydroxyl groups is 2. The van der Waals surface area contributed by atoms with Crippen molar-refractivity contribution in [1.29, 1.82) is 5.53 Å². The second-order valence-corrected chi connectivity index (χ2v) is 8.11. The van der Waals surface area contributed by atoms with E-state index in [2.05, 4.69) is 20.5 Å². The number of aromatic nitrogens is 3. The summed E-state index contributed by atoms with van der Waals surface area (Å²) in [4.78, 5) is 18.4. The Morgan fingerprint density at radius 2 is 1.80 bits per heavy atom. The van der Waals surface area contributed by atoms with Crippen molar-refractivity contribution in [3.05, 3.63) is 108 Å². The van der Waals surface area contributed by atoms with E-state index in [0.29, 0.717) is 23.5 Å². The van der Waals surface area contributed by atoms with Gasteiger partial charge in [-0.2, -0.15) is 0 Å². The molecule has 2 aromatic heterocycles. The Morgan fingerprint density at radius 3 is 2.46 bits per heavy atom. The number of aromatic amines is 2. The number of H-pyrrole nitrogens is 2. The lowest BCUT2D eigenvalue weighted by atomic mass is 10.1. The molecule has 11 heteroatoms. The van der Waals surface area contributed by atoms with Gasteiger partial charge in [0.2, 0.25) is 5.88 Å². The maximum Gasteiger partial charge on any atom is 0.262 e. The highest BCUT2D eigenvalue weighted by Gasteiger charge is 2.11. The number of phenolic OH excluding ortho intramolecular Hbond substituents is 1. The highest BCUT2D eigenvalue weighted by atomic mass is 32.1. The number of nitrogens with one attached hydrogen (secondary N) is 4. The minimum absolute atomic E-state index is 0.0818. The zero-order valence-electron chi connectivity index (χ0n) is 18.4. The van der Waals surface area contributed by atoms with E-state index in [9.17, 15) is 15.0 Å². The fourth-order valence-corrected chi connectivity index (χ4v) is 3.89. The number of hydrazine groups is 1. The predicted octanol–water partition coefficient (Wildman–Crippen LogP) is 1.56. The molecular formula is C24H23N7O3S. The minimum atomic E-state index is -0.495. The van der Waals surface area contributed by atoms with Crippen molar-refractivity contribution in [2.45, 2.75) is 13.0 Å². The Morgan fingerprint density at radius 1 is 1.09 bits per heavy atom. The lowest BCUT2D eigenvalue weighted by molar-refractivity contribution is 0.402. The number of phenols is 1. The molecule has 0 atom stereocenters. The maximum absolute atomic E-state index is 12.6. The van der Waals surface area contributed by atoms with Gasteiger partial charge in [-0.05, 0) is 59.8 Å². The summed E-state index contributed by atoms with van der Waals surface area (Å²) in [6.45, 7) is 0.344. The molecule has 0 aliphatic carbocycles. The van der Waals surface area contributed by atoms with E-state index >= 15 is 0 Å². The van der Waals surface area contributed by atoms with Gasteiger partial charge in [0, 0.05) is 22.5 Å². The largest absolute Gasteiger partial charge is 0.508 e. The van der Waals surface area contributed by atoms with Crippen LogP contribution < -0.4 is 27.4 Å². The van der Waals surface area contributed by atoms with Crippen LogP contribution in [0.3, 0.4) is 0 Å². The van der Waals surface area contributed by atoms with Crippen LogP contribution in [0, 0.1) is 20.9 Å². The maximum atomic E-state index is 12.6. The molecule has 2 heterocycles. The van der Waals surface area contributed by atoms with Gasteiger partial charge in [0.05, 0.1) is 0 Å². The molecule has 0 aliphatic rings. The topological polar surface area (TPSA) is 168 Å². The zero-order chi connectivity index (χ0) is 24.9. The van der Waals surface area contributed by atoms with Crippen molar-refractivity contribution in [2.75, 3.05) is 0 Å². The Kier molecular flexibility index (Phi) is 6.90. The van der Waals surface area contributed by atoms with Gasteiger partial charge in [0.1, 0.15) is 11.3 Å². The average Bonchev–Trinajstić information content (AvgIpc) is 3.33. The van der Waals surface area contributed by atoms with Crippen molar-refractivity contribution in [2.24, 2.45) is 11.0 Å². The number of benzene rings is 2. The molecule has 0 amide bonds. The highest BCUT2D eigenvalue weighted by Crippen LogP contribution is 2.16. The lowest BCUT2D eigenvalue weighted by Gasteiger charge is -2.11. The summed E-state index contributed by atoms with van der Waals surface area (Å²) in [5.74, 6) is 5.56.